The number of aryl methyl sites for hydroxylation is 1. The maximum atomic E-state index is 13.2. The van der Waals surface area contributed by atoms with Gasteiger partial charge >= 0.3 is 11.1 Å². The van der Waals surface area contributed by atoms with Gasteiger partial charge in [0.15, 0.2) is 0 Å². The summed E-state index contributed by atoms with van der Waals surface area (Å²) in [6, 6.07) is 5.76. The van der Waals surface area contributed by atoms with E-state index in [0.29, 0.717) is 61.5 Å². The summed E-state index contributed by atoms with van der Waals surface area (Å²) in [5.41, 5.74) is 0.229. The van der Waals surface area contributed by atoms with E-state index in [-0.39, 0.29) is 23.7 Å². The SMILES string of the molecule is Cc1nocc1C(=O)N1CCC2(CC1)Cc1nn(Cc3ccc(F)cc3)c(=O)c(=O)n1C2. The molecule has 1 fully saturated rings. The first-order valence-corrected chi connectivity index (χ1v) is 10.5. The molecule has 0 atom stereocenters. The highest BCUT2D eigenvalue weighted by Gasteiger charge is 2.43. The van der Waals surface area contributed by atoms with E-state index in [0.717, 1.165) is 4.68 Å². The average Bonchev–Trinajstić information content (AvgIpc) is 3.37. The van der Waals surface area contributed by atoms with Crippen LogP contribution in [0.4, 0.5) is 4.39 Å². The molecule has 1 saturated heterocycles. The molecule has 3 aromatic rings. The standard InChI is InChI=1S/C22H22FN5O4/c1-14-17(12-32-25-14)19(29)26-8-6-22(7-9-26)10-18-24-28(21(31)20(30)27(18)13-22)11-15-2-4-16(23)5-3-15/h2-5,12H,6-11,13H2,1H3. The molecule has 1 amide bonds. The molecule has 166 valence electrons. The van der Waals surface area contributed by atoms with Gasteiger partial charge in [0.1, 0.15) is 23.5 Å². The molecule has 0 bridgehead atoms. The predicted octanol–water partition coefficient (Wildman–Crippen LogP) is 1.37. The summed E-state index contributed by atoms with van der Waals surface area (Å²) in [5, 5.41) is 8.23. The summed E-state index contributed by atoms with van der Waals surface area (Å²) in [6.07, 6.45) is 3.35. The average molecular weight is 439 g/mol. The first-order valence-electron chi connectivity index (χ1n) is 10.5. The number of carbonyl (C=O) groups is 1. The molecule has 10 heteroatoms. The normalized spacial score (nSPS) is 17.0. The Labute approximate surface area is 182 Å². The summed E-state index contributed by atoms with van der Waals surface area (Å²) < 4.78 is 20.7. The van der Waals surface area contributed by atoms with Gasteiger partial charge in [0.25, 0.3) is 5.91 Å². The highest BCUT2D eigenvalue weighted by Crippen LogP contribution is 2.40. The molecule has 1 aromatic carbocycles. The van der Waals surface area contributed by atoms with Crippen LogP contribution in [-0.2, 0) is 19.5 Å². The maximum Gasteiger partial charge on any atom is 0.332 e. The van der Waals surface area contributed by atoms with Crippen molar-refractivity contribution in [3.63, 3.8) is 0 Å². The van der Waals surface area contributed by atoms with Crippen LogP contribution >= 0.6 is 0 Å². The second-order valence-electron chi connectivity index (χ2n) is 8.68. The van der Waals surface area contributed by atoms with E-state index < -0.39 is 11.1 Å². The number of likely N-dealkylation sites (tertiary alicyclic amines) is 1. The number of fused-ring (bicyclic) bond motifs is 1. The number of hydrogen-bond donors (Lipinski definition) is 0. The van der Waals surface area contributed by atoms with Crippen molar-refractivity contribution in [1.29, 1.82) is 0 Å². The molecule has 0 N–H and O–H groups in total. The number of rotatable bonds is 3. The first kappa shape index (κ1) is 20.3. The number of halogens is 1. The highest BCUT2D eigenvalue weighted by molar-refractivity contribution is 5.94. The van der Waals surface area contributed by atoms with Crippen molar-refractivity contribution < 1.29 is 13.7 Å². The van der Waals surface area contributed by atoms with Crippen molar-refractivity contribution in [1.82, 2.24) is 24.4 Å². The van der Waals surface area contributed by atoms with Crippen LogP contribution in [0.15, 0.2) is 44.6 Å². The van der Waals surface area contributed by atoms with Gasteiger partial charge in [0.05, 0.1) is 12.2 Å². The third-order valence-electron chi connectivity index (χ3n) is 6.57. The number of nitrogens with zero attached hydrogens (tertiary/aromatic N) is 5. The van der Waals surface area contributed by atoms with E-state index >= 15 is 0 Å². The zero-order valence-corrected chi connectivity index (χ0v) is 17.6. The molecular weight excluding hydrogens is 417 g/mol. The number of aromatic nitrogens is 4. The first-order chi connectivity index (χ1) is 15.3. The van der Waals surface area contributed by atoms with Gasteiger partial charge in [-0.2, -0.15) is 5.10 Å². The summed E-state index contributed by atoms with van der Waals surface area (Å²) in [4.78, 5) is 39.9. The fourth-order valence-electron chi connectivity index (χ4n) is 4.66. The van der Waals surface area contributed by atoms with Crippen molar-refractivity contribution in [2.75, 3.05) is 13.1 Å². The molecule has 0 unspecified atom stereocenters. The van der Waals surface area contributed by atoms with Gasteiger partial charge in [-0.25, -0.2) is 9.07 Å². The Balaban J connectivity index is 1.34. The zero-order valence-electron chi connectivity index (χ0n) is 17.6. The van der Waals surface area contributed by atoms with Gasteiger partial charge in [-0.05, 0) is 42.9 Å². The summed E-state index contributed by atoms with van der Waals surface area (Å²) in [6.45, 7) is 3.36. The second-order valence-corrected chi connectivity index (χ2v) is 8.68. The maximum absolute atomic E-state index is 13.2. The van der Waals surface area contributed by atoms with E-state index in [4.69, 9.17) is 4.52 Å². The lowest BCUT2D eigenvalue weighted by atomic mass is 9.77. The fraction of sp³-hybridized carbons (Fsp3) is 0.409. The van der Waals surface area contributed by atoms with Crippen LogP contribution in [0.3, 0.4) is 0 Å². The molecular formula is C22H22FN5O4. The molecule has 9 nitrogen and oxygen atoms in total. The van der Waals surface area contributed by atoms with Crippen molar-refractivity contribution >= 4 is 5.91 Å². The van der Waals surface area contributed by atoms with E-state index in [1.807, 2.05) is 0 Å². The Morgan fingerprint density at radius 3 is 2.53 bits per heavy atom. The molecule has 2 aliphatic rings. The number of carbonyl (C=O) groups excluding carboxylic acids is 1. The van der Waals surface area contributed by atoms with Crippen LogP contribution in [0.25, 0.3) is 0 Å². The van der Waals surface area contributed by atoms with E-state index in [2.05, 4.69) is 10.3 Å². The Kier molecular flexibility index (Phi) is 4.79. The minimum absolute atomic E-state index is 0.107. The quantitative estimate of drug-likeness (QED) is 0.571. The number of benzene rings is 1. The van der Waals surface area contributed by atoms with E-state index in [9.17, 15) is 18.8 Å². The molecule has 5 rings (SSSR count). The number of amides is 1. The van der Waals surface area contributed by atoms with Gasteiger partial charge in [-0.15, -0.1) is 0 Å². The lowest BCUT2D eigenvalue weighted by Crippen LogP contribution is -2.45. The Morgan fingerprint density at radius 2 is 1.88 bits per heavy atom. The minimum Gasteiger partial charge on any atom is -0.364 e. The van der Waals surface area contributed by atoms with Gasteiger partial charge in [0.2, 0.25) is 0 Å². The Hall–Kier alpha value is -3.56. The summed E-state index contributed by atoms with van der Waals surface area (Å²) in [5.74, 6) is 0.101. The molecule has 1 spiro atoms. The highest BCUT2D eigenvalue weighted by atomic mass is 19.1. The van der Waals surface area contributed by atoms with Crippen LogP contribution in [0.5, 0.6) is 0 Å². The third-order valence-corrected chi connectivity index (χ3v) is 6.57. The van der Waals surface area contributed by atoms with E-state index in [1.165, 1.54) is 23.0 Å². The molecule has 0 aliphatic carbocycles. The smallest absolute Gasteiger partial charge is 0.332 e. The van der Waals surface area contributed by atoms with Gasteiger partial charge in [-0.1, -0.05) is 17.3 Å². The van der Waals surface area contributed by atoms with Crippen molar-refractivity contribution in [3.05, 3.63) is 79.7 Å². The van der Waals surface area contributed by atoms with Crippen molar-refractivity contribution in [2.45, 2.75) is 39.3 Å². The van der Waals surface area contributed by atoms with Gasteiger partial charge < -0.3 is 9.42 Å². The predicted molar refractivity (Wildman–Crippen MR) is 111 cm³/mol. The van der Waals surface area contributed by atoms with Crippen molar-refractivity contribution in [2.24, 2.45) is 5.41 Å². The minimum atomic E-state index is -0.689. The van der Waals surface area contributed by atoms with Gasteiger partial charge in [0, 0.05) is 26.1 Å². The molecule has 0 radical (unpaired) electrons. The molecule has 2 aromatic heterocycles. The topological polar surface area (TPSA) is 103 Å². The number of piperidine rings is 1. The number of hydrogen-bond acceptors (Lipinski definition) is 6. The largest absolute Gasteiger partial charge is 0.364 e. The lowest BCUT2D eigenvalue weighted by Gasteiger charge is -2.38. The molecule has 2 aliphatic heterocycles. The van der Waals surface area contributed by atoms with Crippen LogP contribution in [0.2, 0.25) is 0 Å². The third kappa shape index (κ3) is 3.45. The van der Waals surface area contributed by atoms with Crippen LogP contribution in [-0.4, -0.2) is 43.4 Å². The Bertz CT molecular complexity index is 1300. The molecule has 0 saturated carbocycles. The van der Waals surface area contributed by atoms with Gasteiger partial charge in [-0.3, -0.25) is 19.0 Å². The van der Waals surface area contributed by atoms with E-state index in [1.54, 1.807) is 24.0 Å². The summed E-state index contributed by atoms with van der Waals surface area (Å²) >= 11 is 0. The molecule has 4 heterocycles. The zero-order chi connectivity index (χ0) is 22.5. The van der Waals surface area contributed by atoms with Crippen LogP contribution in [0, 0.1) is 18.2 Å². The van der Waals surface area contributed by atoms with Crippen LogP contribution < -0.4 is 11.1 Å². The van der Waals surface area contributed by atoms with Crippen molar-refractivity contribution in [3.8, 4) is 0 Å². The monoisotopic (exact) mass is 439 g/mol. The molecule has 32 heavy (non-hydrogen) atoms. The second kappa shape index (κ2) is 7.54. The fourth-order valence-corrected chi connectivity index (χ4v) is 4.66. The Morgan fingerprint density at radius 1 is 1.16 bits per heavy atom. The summed E-state index contributed by atoms with van der Waals surface area (Å²) in [7, 11) is 0. The lowest BCUT2D eigenvalue weighted by molar-refractivity contribution is 0.0574. The van der Waals surface area contributed by atoms with Crippen LogP contribution in [0.1, 0.15) is 40.3 Å².